The van der Waals surface area contributed by atoms with Gasteiger partial charge >= 0.3 is 5.69 Å². The van der Waals surface area contributed by atoms with Gasteiger partial charge in [0.25, 0.3) is 5.69 Å². The molecule has 2 aromatic rings. The van der Waals surface area contributed by atoms with Gasteiger partial charge in [0.05, 0.1) is 28.0 Å². The first-order valence-electron chi connectivity index (χ1n) is 5.43. The van der Waals surface area contributed by atoms with E-state index in [0.29, 0.717) is 12.1 Å². The highest BCUT2D eigenvalue weighted by atomic mass is 19.1. The van der Waals surface area contributed by atoms with Crippen LogP contribution in [0.25, 0.3) is 0 Å². The molecule has 0 unspecified atom stereocenters. The molecule has 0 amide bonds. The molecule has 0 bridgehead atoms. The molecule has 7 nitrogen and oxygen atoms in total. The molecule has 0 aromatic heterocycles. The third-order valence-corrected chi connectivity index (χ3v) is 2.41. The second-order valence-electron chi connectivity index (χ2n) is 3.87. The Morgan fingerprint density at radius 3 is 2.24 bits per heavy atom. The standard InChI is InChI=1S/C12H6F2N2O5/c13-7-1-2-12(11(5-7)16(19)20)21-10-4-8(14)3-9(6-10)15(17)18/h1-6H. The third-order valence-electron chi connectivity index (χ3n) is 2.41. The summed E-state index contributed by atoms with van der Waals surface area (Å²) in [5.74, 6) is -2.46. The summed E-state index contributed by atoms with van der Waals surface area (Å²) in [5, 5.41) is 21.4. The molecule has 0 aliphatic rings. The van der Waals surface area contributed by atoms with Crippen molar-refractivity contribution in [1.29, 1.82) is 0 Å². The van der Waals surface area contributed by atoms with Gasteiger partial charge in [0.1, 0.15) is 17.4 Å². The number of non-ortho nitro benzene ring substituents is 1. The van der Waals surface area contributed by atoms with E-state index >= 15 is 0 Å². The number of ether oxygens (including phenoxy) is 1. The van der Waals surface area contributed by atoms with Gasteiger partial charge in [-0.2, -0.15) is 0 Å². The largest absolute Gasteiger partial charge is 0.450 e. The van der Waals surface area contributed by atoms with E-state index < -0.39 is 32.9 Å². The van der Waals surface area contributed by atoms with Gasteiger partial charge in [0.2, 0.25) is 5.75 Å². The number of hydrogen-bond acceptors (Lipinski definition) is 5. The number of halogens is 2. The van der Waals surface area contributed by atoms with Gasteiger partial charge in [-0.05, 0) is 12.1 Å². The molecular formula is C12H6F2N2O5. The van der Waals surface area contributed by atoms with Crippen molar-refractivity contribution >= 4 is 11.4 Å². The molecule has 0 atom stereocenters. The molecule has 0 saturated carbocycles. The highest BCUT2D eigenvalue weighted by Crippen LogP contribution is 2.33. The Bertz CT molecular complexity index is 736. The SMILES string of the molecule is O=[N+]([O-])c1cc(F)cc(Oc2ccc(F)cc2[N+](=O)[O-])c1. The van der Waals surface area contributed by atoms with Crippen molar-refractivity contribution in [3.05, 3.63) is 68.3 Å². The minimum Gasteiger partial charge on any atom is -0.450 e. The smallest absolute Gasteiger partial charge is 0.314 e. The molecule has 0 N–H and O–H groups in total. The summed E-state index contributed by atoms with van der Waals surface area (Å²) < 4.78 is 31.3. The van der Waals surface area contributed by atoms with Crippen LogP contribution in [-0.2, 0) is 0 Å². The monoisotopic (exact) mass is 296 g/mol. The molecule has 0 spiro atoms. The van der Waals surface area contributed by atoms with Crippen molar-refractivity contribution in [2.75, 3.05) is 0 Å². The normalized spacial score (nSPS) is 10.2. The zero-order valence-electron chi connectivity index (χ0n) is 10.2. The molecule has 2 rings (SSSR count). The average Bonchev–Trinajstić information content (AvgIpc) is 2.40. The summed E-state index contributed by atoms with van der Waals surface area (Å²) in [5.41, 5.74) is -1.25. The third kappa shape index (κ3) is 3.26. The Labute approximate surface area is 115 Å². The number of nitro benzene ring substituents is 2. The molecule has 0 fully saturated rings. The van der Waals surface area contributed by atoms with E-state index in [1.807, 2.05) is 0 Å². The number of benzene rings is 2. The number of rotatable bonds is 4. The quantitative estimate of drug-likeness (QED) is 0.634. The lowest BCUT2D eigenvalue weighted by Crippen LogP contribution is -1.96. The van der Waals surface area contributed by atoms with Gasteiger partial charge in [-0.25, -0.2) is 8.78 Å². The van der Waals surface area contributed by atoms with Crippen LogP contribution in [0.5, 0.6) is 11.5 Å². The van der Waals surface area contributed by atoms with E-state index in [0.717, 1.165) is 24.3 Å². The lowest BCUT2D eigenvalue weighted by Gasteiger charge is -2.06. The fourth-order valence-corrected chi connectivity index (χ4v) is 1.56. The van der Waals surface area contributed by atoms with Crippen molar-refractivity contribution in [1.82, 2.24) is 0 Å². The van der Waals surface area contributed by atoms with Gasteiger partial charge in [-0.3, -0.25) is 20.2 Å². The van der Waals surface area contributed by atoms with E-state index in [4.69, 9.17) is 4.74 Å². The van der Waals surface area contributed by atoms with Crippen LogP contribution >= 0.6 is 0 Å². The maximum absolute atomic E-state index is 13.2. The van der Waals surface area contributed by atoms with Gasteiger partial charge in [-0.15, -0.1) is 0 Å². The molecule has 9 heteroatoms. The van der Waals surface area contributed by atoms with Crippen LogP contribution in [0.3, 0.4) is 0 Å². The molecule has 0 heterocycles. The number of nitrogens with zero attached hydrogens (tertiary/aromatic N) is 2. The number of nitro groups is 2. The maximum Gasteiger partial charge on any atom is 0.314 e. The van der Waals surface area contributed by atoms with Crippen molar-refractivity contribution in [2.24, 2.45) is 0 Å². The lowest BCUT2D eigenvalue weighted by molar-refractivity contribution is -0.386. The first kappa shape index (κ1) is 14.3. The van der Waals surface area contributed by atoms with Crippen LogP contribution in [0.4, 0.5) is 20.2 Å². The minimum atomic E-state index is -0.941. The number of hydrogen-bond donors (Lipinski definition) is 0. The summed E-state index contributed by atoms with van der Waals surface area (Å²) in [6.45, 7) is 0. The second-order valence-corrected chi connectivity index (χ2v) is 3.87. The Morgan fingerprint density at radius 2 is 1.62 bits per heavy atom. The Hall–Kier alpha value is -3.10. The Balaban J connectivity index is 2.43. The van der Waals surface area contributed by atoms with Crippen LogP contribution in [0.15, 0.2) is 36.4 Å². The molecule has 2 aromatic carbocycles. The van der Waals surface area contributed by atoms with E-state index in [1.54, 1.807) is 0 Å². The molecule has 0 aliphatic heterocycles. The molecule has 108 valence electrons. The molecule has 0 aliphatic carbocycles. The second kappa shape index (κ2) is 5.49. The first-order chi connectivity index (χ1) is 9.86. The first-order valence-corrected chi connectivity index (χ1v) is 5.43. The van der Waals surface area contributed by atoms with Crippen molar-refractivity contribution in [2.45, 2.75) is 0 Å². The highest BCUT2D eigenvalue weighted by molar-refractivity contribution is 5.50. The Morgan fingerprint density at radius 1 is 0.905 bits per heavy atom. The zero-order valence-corrected chi connectivity index (χ0v) is 10.2. The van der Waals surface area contributed by atoms with Crippen molar-refractivity contribution in [3.63, 3.8) is 0 Å². The van der Waals surface area contributed by atoms with Crippen LogP contribution in [-0.4, -0.2) is 9.85 Å². The summed E-state index contributed by atoms with van der Waals surface area (Å²) in [6, 6.07) is 4.91. The molecular weight excluding hydrogens is 290 g/mol. The average molecular weight is 296 g/mol. The van der Waals surface area contributed by atoms with Crippen LogP contribution < -0.4 is 4.74 Å². The molecule has 0 radical (unpaired) electrons. The summed E-state index contributed by atoms with van der Waals surface area (Å²) in [4.78, 5) is 19.7. The van der Waals surface area contributed by atoms with Crippen LogP contribution in [0, 0.1) is 31.9 Å². The van der Waals surface area contributed by atoms with E-state index in [9.17, 15) is 29.0 Å². The molecule has 21 heavy (non-hydrogen) atoms. The highest BCUT2D eigenvalue weighted by Gasteiger charge is 2.18. The fraction of sp³-hybridized carbons (Fsp3) is 0. The summed E-state index contributed by atoms with van der Waals surface area (Å²) in [7, 11) is 0. The maximum atomic E-state index is 13.2. The fourth-order valence-electron chi connectivity index (χ4n) is 1.56. The van der Waals surface area contributed by atoms with Crippen molar-refractivity contribution in [3.8, 4) is 11.5 Å². The lowest BCUT2D eigenvalue weighted by atomic mass is 10.2. The Kier molecular flexibility index (Phi) is 3.74. The predicted molar refractivity (Wildman–Crippen MR) is 66.2 cm³/mol. The van der Waals surface area contributed by atoms with Gasteiger partial charge in [-0.1, -0.05) is 0 Å². The summed E-state index contributed by atoms with van der Waals surface area (Å²) >= 11 is 0. The van der Waals surface area contributed by atoms with E-state index in [-0.39, 0.29) is 11.5 Å². The zero-order chi connectivity index (χ0) is 15.6. The minimum absolute atomic E-state index is 0.309. The molecule has 0 saturated heterocycles. The van der Waals surface area contributed by atoms with Crippen LogP contribution in [0.2, 0.25) is 0 Å². The van der Waals surface area contributed by atoms with Crippen molar-refractivity contribution < 1.29 is 23.4 Å². The topological polar surface area (TPSA) is 95.5 Å². The van der Waals surface area contributed by atoms with Gasteiger partial charge in [0.15, 0.2) is 0 Å². The van der Waals surface area contributed by atoms with Gasteiger partial charge in [0, 0.05) is 6.07 Å². The predicted octanol–water partition coefficient (Wildman–Crippen LogP) is 3.57. The van der Waals surface area contributed by atoms with Gasteiger partial charge < -0.3 is 4.74 Å². The van der Waals surface area contributed by atoms with E-state index in [2.05, 4.69) is 0 Å². The summed E-state index contributed by atoms with van der Waals surface area (Å²) in [6.07, 6.45) is 0. The van der Waals surface area contributed by atoms with Crippen LogP contribution in [0.1, 0.15) is 0 Å². The van der Waals surface area contributed by atoms with E-state index in [1.165, 1.54) is 0 Å².